The van der Waals surface area contributed by atoms with Crippen molar-refractivity contribution in [1.82, 2.24) is 0 Å². The lowest BCUT2D eigenvalue weighted by atomic mass is 10.2. The second-order valence-electron chi connectivity index (χ2n) is 3.65. The molecular formula is C11H13NO3S. The Hall–Kier alpha value is -1.23. The molecule has 0 bridgehead atoms. The first-order chi connectivity index (χ1) is 7.77. The van der Waals surface area contributed by atoms with Gasteiger partial charge in [-0.3, -0.25) is 10.1 Å². The van der Waals surface area contributed by atoms with Gasteiger partial charge in [0.2, 0.25) is 0 Å². The topological polar surface area (TPSA) is 52.4 Å². The third-order valence-electron chi connectivity index (χ3n) is 2.52. The van der Waals surface area contributed by atoms with E-state index in [4.69, 9.17) is 4.74 Å². The van der Waals surface area contributed by atoms with Crippen LogP contribution in [-0.2, 0) is 0 Å². The van der Waals surface area contributed by atoms with Crippen LogP contribution in [0.15, 0.2) is 24.3 Å². The Bertz CT molecular complexity index is 377. The molecule has 0 amide bonds. The molecular weight excluding hydrogens is 226 g/mol. The van der Waals surface area contributed by atoms with E-state index in [-0.39, 0.29) is 11.8 Å². The van der Waals surface area contributed by atoms with Crippen LogP contribution in [0.2, 0.25) is 0 Å². The van der Waals surface area contributed by atoms with E-state index in [1.54, 1.807) is 18.2 Å². The molecule has 0 atom stereocenters. The van der Waals surface area contributed by atoms with Gasteiger partial charge in [-0.05, 0) is 30.4 Å². The summed E-state index contributed by atoms with van der Waals surface area (Å²) in [5.41, 5.74) is 0.0562. The van der Waals surface area contributed by atoms with E-state index < -0.39 is 4.92 Å². The molecule has 1 aromatic rings. The van der Waals surface area contributed by atoms with Crippen LogP contribution in [0.3, 0.4) is 0 Å². The van der Waals surface area contributed by atoms with Gasteiger partial charge < -0.3 is 4.74 Å². The van der Waals surface area contributed by atoms with Crippen molar-refractivity contribution in [3.63, 3.8) is 0 Å². The smallest absolute Gasteiger partial charge is 0.310 e. The summed E-state index contributed by atoms with van der Waals surface area (Å²) < 4.78 is 5.69. The van der Waals surface area contributed by atoms with Crippen LogP contribution in [0.4, 0.5) is 5.69 Å². The van der Waals surface area contributed by atoms with Gasteiger partial charge in [0.1, 0.15) is 6.10 Å². The molecule has 0 spiro atoms. The largest absolute Gasteiger partial charge is 0.483 e. The van der Waals surface area contributed by atoms with Gasteiger partial charge in [0.25, 0.3) is 0 Å². The van der Waals surface area contributed by atoms with Crippen molar-refractivity contribution in [1.29, 1.82) is 0 Å². The summed E-state index contributed by atoms with van der Waals surface area (Å²) in [7, 11) is 0. The van der Waals surface area contributed by atoms with Gasteiger partial charge >= 0.3 is 5.69 Å². The Morgan fingerprint density at radius 3 is 2.69 bits per heavy atom. The highest BCUT2D eigenvalue weighted by Crippen LogP contribution is 2.29. The number of rotatable bonds is 3. The molecule has 16 heavy (non-hydrogen) atoms. The summed E-state index contributed by atoms with van der Waals surface area (Å²) in [5.74, 6) is 2.54. The Kier molecular flexibility index (Phi) is 3.66. The van der Waals surface area contributed by atoms with Gasteiger partial charge in [-0.1, -0.05) is 12.1 Å². The maximum absolute atomic E-state index is 10.8. The van der Waals surface area contributed by atoms with Crippen LogP contribution in [0, 0.1) is 10.1 Å². The van der Waals surface area contributed by atoms with Crippen LogP contribution in [-0.4, -0.2) is 22.5 Å². The number of hydrogen-bond donors (Lipinski definition) is 0. The van der Waals surface area contributed by atoms with Crippen LogP contribution in [0.5, 0.6) is 5.75 Å². The molecule has 1 aliphatic heterocycles. The zero-order chi connectivity index (χ0) is 11.4. The van der Waals surface area contributed by atoms with Crippen molar-refractivity contribution < 1.29 is 9.66 Å². The second-order valence-corrected chi connectivity index (χ2v) is 4.88. The van der Waals surface area contributed by atoms with Crippen molar-refractivity contribution >= 4 is 17.4 Å². The molecule has 86 valence electrons. The minimum Gasteiger partial charge on any atom is -0.483 e. The van der Waals surface area contributed by atoms with Crippen LogP contribution in [0.25, 0.3) is 0 Å². The first-order valence-corrected chi connectivity index (χ1v) is 6.40. The van der Waals surface area contributed by atoms with E-state index in [0.29, 0.717) is 5.75 Å². The lowest BCUT2D eigenvalue weighted by molar-refractivity contribution is -0.386. The van der Waals surface area contributed by atoms with Gasteiger partial charge in [-0.25, -0.2) is 0 Å². The van der Waals surface area contributed by atoms with Gasteiger partial charge in [-0.2, -0.15) is 11.8 Å². The standard InChI is InChI=1S/C11H13NO3S/c13-12(14)10-3-1-2-4-11(10)15-9-5-7-16-8-6-9/h1-4,9H,5-8H2. The van der Waals surface area contributed by atoms with Crippen molar-refractivity contribution in [3.05, 3.63) is 34.4 Å². The zero-order valence-corrected chi connectivity index (χ0v) is 9.61. The van der Waals surface area contributed by atoms with Crippen molar-refractivity contribution in [2.45, 2.75) is 18.9 Å². The number of benzene rings is 1. The maximum atomic E-state index is 10.8. The molecule has 4 nitrogen and oxygen atoms in total. The normalized spacial score (nSPS) is 17.0. The van der Waals surface area contributed by atoms with E-state index in [9.17, 15) is 10.1 Å². The highest BCUT2D eigenvalue weighted by atomic mass is 32.2. The molecule has 1 heterocycles. The average molecular weight is 239 g/mol. The third-order valence-corrected chi connectivity index (χ3v) is 3.57. The number of nitro benzene ring substituents is 1. The lowest BCUT2D eigenvalue weighted by Crippen LogP contribution is -2.22. The van der Waals surface area contributed by atoms with Gasteiger partial charge in [0.15, 0.2) is 5.75 Å². The summed E-state index contributed by atoms with van der Waals surface area (Å²) >= 11 is 1.91. The van der Waals surface area contributed by atoms with Gasteiger partial charge in [-0.15, -0.1) is 0 Å². The average Bonchev–Trinajstić information content (AvgIpc) is 2.31. The van der Waals surface area contributed by atoms with Crippen LogP contribution < -0.4 is 4.74 Å². The quantitative estimate of drug-likeness (QED) is 0.601. The van der Waals surface area contributed by atoms with Gasteiger partial charge in [0, 0.05) is 6.07 Å². The lowest BCUT2D eigenvalue weighted by Gasteiger charge is -2.22. The molecule has 0 radical (unpaired) electrons. The second kappa shape index (κ2) is 5.21. The number of nitrogens with zero attached hydrogens (tertiary/aromatic N) is 1. The minimum atomic E-state index is -0.396. The van der Waals surface area contributed by atoms with Crippen molar-refractivity contribution in [2.24, 2.45) is 0 Å². The fourth-order valence-corrected chi connectivity index (χ4v) is 2.74. The fourth-order valence-electron chi connectivity index (χ4n) is 1.68. The molecule has 0 N–H and O–H groups in total. The number of nitro groups is 1. The zero-order valence-electron chi connectivity index (χ0n) is 8.80. The molecule has 0 unspecified atom stereocenters. The molecule has 5 heteroatoms. The summed E-state index contributed by atoms with van der Waals surface area (Å²) in [6.07, 6.45) is 2.07. The summed E-state index contributed by atoms with van der Waals surface area (Å²) in [6.45, 7) is 0. The SMILES string of the molecule is O=[N+]([O-])c1ccccc1OC1CCSCC1. The number of ether oxygens (including phenoxy) is 1. The summed E-state index contributed by atoms with van der Waals surface area (Å²) in [4.78, 5) is 10.4. The predicted octanol–water partition coefficient (Wildman–Crippen LogP) is 2.87. The first-order valence-electron chi connectivity index (χ1n) is 5.25. The minimum absolute atomic E-state index is 0.0562. The number of thioether (sulfide) groups is 1. The monoisotopic (exact) mass is 239 g/mol. The van der Waals surface area contributed by atoms with Crippen molar-refractivity contribution in [2.75, 3.05) is 11.5 Å². The Balaban J connectivity index is 2.10. The van der Waals surface area contributed by atoms with Crippen molar-refractivity contribution in [3.8, 4) is 5.75 Å². The highest BCUT2D eigenvalue weighted by Gasteiger charge is 2.20. The van der Waals surface area contributed by atoms with E-state index >= 15 is 0 Å². The van der Waals surface area contributed by atoms with E-state index in [2.05, 4.69) is 0 Å². The van der Waals surface area contributed by atoms with E-state index in [0.717, 1.165) is 24.3 Å². The van der Waals surface area contributed by atoms with Gasteiger partial charge in [0.05, 0.1) is 4.92 Å². The Morgan fingerprint density at radius 1 is 1.31 bits per heavy atom. The Morgan fingerprint density at radius 2 is 2.00 bits per heavy atom. The van der Waals surface area contributed by atoms with E-state index in [1.165, 1.54) is 6.07 Å². The molecule has 0 aliphatic carbocycles. The predicted molar refractivity (Wildman–Crippen MR) is 64.1 cm³/mol. The number of para-hydroxylation sites is 2. The molecule has 0 aromatic heterocycles. The molecule has 1 saturated heterocycles. The van der Waals surface area contributed by atoms with Crippen LogP contribution >= 0.6 is 11.8 Å². The molecule has 0 saturated carbocycles. The van der Waals surface area contributed by atoms with E-state index in [1.807, 2.05) is 11.8 Å². The molecule has 1 fully saturated rings. The molecule has 1 aliphatic rings. The maximum Gasteiger partial charge on any atom is 0.310 e. The number of hydrogen-bond acceptors (Lipinski definition) is 4. The summed E-state index contributed by atoms with van der Waals surface area (Å²) in [5, 5.41) is 10.8. The van der Waals surface area contributed by atoms with Crippen LogP contribution in [0.1, 0.15) is 12.8 Å². The third kappa shape index (κ3) is 2.66. The molecule has 1 aromatic carbocycles. The fraction of sp³-hybridized carbons (Fsp3) is 0.455. The first kappa shape index (κ1) is 11.3. The molecule has 2 rings (SSSR count). The Labute approximate surface area is 98.1 Å². The summed E-state index contributed by atoms with van der Waals surface area (Å²) in [6, 6.07) is 6.56. The highest BCUT2D eigenvalue weighted by molar-refractivity contribution is 7.99.